The Hall–Kier alpha value is -1.91. The van der Waals surface area contributed by atoms with Gasteiger partial charge in [-0.05, 0) is 18.1 Å². The van der Waals surface area contributed by atoms with Crippen LogP contribution in [-0.2, 0) is 11.2 Å². The van der Waals surface area contributed by atoms with Gasteiger partial charge in [0, 0.05) is 6.42 Å². The van der Waals surface area contributed by atoms with Gasteiger partial charge in [0.2, 0.25) is 0 Å². The highest BCUT2D eigenvalue weighted by molar-refractivity contribution is 5.88. The first-order valence-corrected chi connectivity index (χ1v) is 5.55. The molecule has 0 saturated carbocycles. The molecular formula is C12H15N3O2. The third-order valence-corrected chi connectivity index (χ3v) is 2.48. The summed E-state index contributed by atoms with van der Waals surface area (Å²) < 4.78 is 6.51. The molecule has 90 valence electrons. The molecule has 0 unspecified atom stereocenters. The number of ether oxygens (including phenoxy) is 1. The van der Waals surface area contributed by atoms with E-state index in [1.165, 1.54) is 7.11 Å². The summed E-state index contributed by atoms with van der Waals surface area (Å²) in [6.45, 7) is 4.20. The quantitative estimate of drug-likeness (QED) is 0.757. The van der Waals surface area contributed by atoms with Crippen LogP contribution in [0.2, 0.25) is 0 Å². The van der Waals surface area contributed by atoms with E-state index in [0.717, 1.165) is 12.2 Å². The van der Waals surface area contributed by atoms with Crippen molar-refractivity contribution in [2.45, 2.75) is 20.3 Å². The summed E-state index contributed by atoms with van der Waals surface area (Å²) in [5, 5.41) is 8.17. The van der Waals surface area contributed by atoms with Gasteiger partial charge >= 0.3 is 5.97 Å². The van der Waals surface area contributed by atoms with Crippen LogP contribution in [0.3, 0.4) is 0 Å². The summed E-state index contributed by atoms with van der Waals surface area (Å²) >= 11 is 0. The topological polar surface area (TPSA) is 56.5 Å². The molecule has 17 heavy (non-hydrogen) atoms. The van der Waals surface area contributed by atoms with E-state index in [4.69, 9.17) is 4.74 Å². The first-order valence-electron chi connectivity index (χ1n) is 5.55. The van der Waals surface area contributed by atoms with Gasteiger partial charge in [0.25, 0.3) is 0 Å². The highest BCUT2D eigenvalue weighted by Crippen LogP contribution is 2.12. The minimum absolute atomic E-state index is 0.375. The monoisotopic (exact) mass is 233 g/mol. The molecule has 0 aliphatic rings. The molecule has 0 aromatic carbocycles. The Balaban J connectivity index is 2.59. The highest BCUT2D eigenvalue weighted by Gasteiger charge is 2.15. The normalized spacial score (nSPS) is 11.1. The van der Waals surface area contributed by atoms with Crippen LogP contribution >= 0.6 is 0 Å². The van der Waals surface area contributed by atoms with Crippen LogP contribution in [0.4, 0.5) is 0 Å². The Bertz CT molecular complexity index is 546. The van der Waals surface area contributed by atoms with Crippen molar-refractivity contribution in [3.05, 3.63) is 29.7 Å². The number of pyridine rings is 1. The third-order valence-electron chi connectivity index (χ3n) is 2.48. The van der Waals surface area contributed by atoms with E-state index in [-0.39, 0.29) is 5.97 Å². The predicted octanol–water partition coefficient (Wildman–Crippen LogP) is 1.71. The number of aromatic nitrogens is 3. The van der Waals surface area contributed by atoms with Crippen molar-refractivity contribution >= 4 is 11.6 Å². The molecule has 2 heterocycles. The molecule has 2 aromatic heterocycles. The maximum Gasteiger partial charge on any atom is 0.355 e. The van der Waals surface area contributed by atoms with Crippen molar-refractivity contribution in [1.29, 1.82) is 0 Å². The highest BCUT2D eigenvalue weighted by atomic mass is 16.5. The summed E-state index contributed by atoms with van der Waals surface area (Å²) in [6, 6.07) is 5.31. The molecular weight excluding hydrogens is 218 g/mol. The third kappa shape index (κ3) is 2.13. The van der Waals surface area contributed by atoms with Crippen molar-refractivity contribution in [3.63, 3.8) is 0 Å². The standard InChI is InChI=1S/C12H15N3O2/c1-8(2)7-11-14-13-10-6-4-5-9(15(10)11)12(16)17-3/h4-6,8H,7H2,1-3H3. The largest absolute Gasteiger partial charge is 0.464 e. The van der Waals surface area contributed by atoms with Gasteiger partial charge in [-0.3, -0.25) is 4.40 Å². The fourth-order valence-corrected chi connectivity index (χ4v) is 1.76. The number of carbonyl (C=O) groups is 1. The second-order valence-corrected chi connectivity index (χ2v) is 4.31. The molecule has 5 heteroatoms. The van der Waals surface area contributed by atoms with Crippen molar-refractivity contribution < 1.29 is 9.53 Å². The lowest BCUT2D eigenvalue weighted by Gasteiger charge is -2.07. The number of fused-ring (bicyclic) bond motifs is 1. The molecule has 2 rings (SSSR count). The van der Waals surface area contributed by atoms with Crippen LogP contribution in [0, 0.1) is 5.92 Å². The van der Waals surface area contributed by atoms with E-state index in [1.807, 2.05) is 6.07 Å². The number of hydrogen-bond donors (Lipinski definition) is 0. The van der Waals surface area contributed by atoms with Gasteiger partial charge in [0.15, 0.2) is 5.65 Å². The number of rotatable bonds is 3. The van der Waals surface area contributed by atoms with Crippen LogP contribution < -0.4 is 0 Å². The van der Waals surface area contributed by atoms with Gasteiger partial charge in [0.1, 0.15) is 11.5 Å². The molecule has 0 aliphatic carbocycles. The molecule has 0 saturated heterocycles. The minimum Gasteiger partial charge on any atom is -0.464 e. The Morgan fingerprint density at radius 1 is 1.41 bits per heavy atom. The number of hydrogen-bond acceptors (Lipinski definition) is 4. The maximum absolute atomic E-state index is 11.7. The van der Waals surface area contributed by atoms with Gasteiger partial charge in [-0.1, -0.05) is 19.9 Å². The van der Waals surface area contributed by atoms with Crippen LogP contribution in [0.15, 0.2) is 18.2 Å². The average Bonchev–Trinajstić information content (AvgIpc) is 2.71. The molecule has 0 radical (unpaired) electrons. The zero-order chi connectivity index (χ0) is 12.4. The van der Waals surface area contributed by atoms with Gasteiger partial charge in [-0.2, -0.15) is 0 Å². The summed E-state index contributed by atoms with van der Waals surface area (Å²) in [5.74, 6) is 0.865. The lowest BCUT2D eigenvalue weighted by molar-refractivity contribution is 0.0592. The zero-order valence-corrected chi connectivity index (χ0v) is 10.2. The smallest absolute Gasteiger partial charge is 0.355 e. The summed E-state index contributed by atoms with van der Waals surface area (Å²) in [5.41, 5.74) is 1.13. The molecule has 0 amide bonds. The Morgan fingerprint density at radius 3 is 2.82 bits per heavy atom. The number of esters is 1. The average molecular weight is 233 g/mol. The molecule has 0 aliphatic heterocycles. The SMILES string of the molecule is COC(=O)c1cccc2nnc(CC(C)C)n12. The second-order valence-electron chi connectivity index (χ2n) is 4.31. The number of nitrogens with zero attached hydrogens (tertiary/aromatic N) is 3. The van der Waals surface area contributed by atoms with Gasteiger partial charge in [0.05, 0.1) is 7.11 Å². The van der Waals surface area contributed by atoms with Crippen LogP contribution in [0.25, 0.3) is 5.65 Å². The van der Waals surface area contributed by atoms with Crippen LogP contribution in [0.1, 0.15) is 30.2 Å². The molecule has 0 spiro atoms. The molecule has 0 atom stereocenters. The van der Waals surface area contributed by atoms with E-state index < -0.39 is 0 Å². The number of carbonyl (C=O) groups excluding carboxylic acids is 1. The van der Waals surface area contributed by atoms with E-state index >= 15 is 0 Å². The molecule has 2 aromatic rings. The first-order chi connectivity index (χ1) is 8.13. The summed E-state index contributed by atoms with van der Waals surface area (Å²) in [6.07, 6.45) is 0.773. The first kappa shape index (κ1) is 11.6. The predicted molar refractivity (Wildman–Crippen MR) is 62.9 cm³/mol. The van der Waals surface area contributed by atoms with E-state index in [2.05, 4.69) is 24.0 Å². The maximum atomic E-state index is 11.7. The Kier molecular flexibility index (Phi) is 3.08. The van der Waals surface area contributed by atoms with Gasteiger partial charge in [-0.25, -0.2) is 4.79 Å². The Labute approximate surface area is 99.4 Å². The fraction of sp³-hybridized carbons (Fsp3) is 0.417. The Morgan fingerprint density at radius 2 is 2.18 bits per heavy atom. The van der Waals surface area contributed by atoms with E-state index in [1.54, 1.807) is 16.5 Å². The van der Waals surface area contributed by atoms with Crippen LogP contribution in [-0.4, -0.2) is 27.7 Å². The van der Waals surface area contributed by atoms with Crippen molar-refractivity contribution in [2.75, 3.05) is 7.11 Å². The van der Waals surface area contributed by atoms with E-state index in [9.17, 15) is 4.79 Å². The minimum atomic E-state index is -0.375. The molecule has 5 nitrogen and oxygen atoms in total. The van der Waals surface area contributed by atoms with Crippen molar-refractivity contribution in [1.82, 2.24) is 14.6 Å². The number of methoxy groups -OCH3 is 1. The second kappa shape index (κ2) is 4.53. The fourth-order valence-electron chi connectivity index (χ4n) is 1.76. The van der Waals surface area contributed by atoms with Gasteiger partial charge < -0.3 is 4.74 Å². The molecule has 0 N–H and O–H groups in total. The lowest BCUT2D eigenvalue weighted by atomic mass is 10.1. The van der Waals surface area contributed by atoms with E-state index in [0.29, 0.717) is 17.3 Å². The molecule has 0 bridgehead atoms. The molecule has 0 fully saturated rings. The lowest BCUT2D eigenvalue weighted by Crippen LogP contribution is -2.11. The van der Waals surface area contributed by atoms with Crippen molar-refractivity contribution in [3.8, 4) is 0 Å². The zero-order valence-electron chi connectivity index (χ0n) is 10.2. The summed E-state index contributed by atoms with van der Waals surface area (Å²) in [4.78, 5) is 11.7. The van der Waals surface area contributed by atoms with Gasteiger partial charge in [-0.15, -0.1) is 10.2 Å². The summed E-state index contributed by atoms with van der Waals surface area (Å²) in [7, 11) is 1.37. The van der Waals surface area contributed by atoms with Crippen molar-refractivity contribution in [2.24, 2.45) is 5.92 Å². The van der Waals surface area contributed by atoms with Crippen LogP contribution in [0.5, 0.6) is 0 Å².